The van der Waals surface area contributed by atoms with Crippen LogP contribution in [0.15, 0.2) is 30.7 Å². The molecule has 1 aromatic carbocycles. The van der Waals surface area contributed by atoms with Crippen molar-refractivity contribution in [1.29, 1.82) is 0 Å². The van der Waals surface area contributed by atoms with Crippen LogP contribution >= 0.6 is 0 Å². The first-order chi connectivity index (χ1) is 13.2. The Morgan fingerprint density at radius 3 is 3.04 bits per heavy atom. The number of anilines is 2. The van der Waals surface area contributed by atoms with Crippen LogP contribution in [0.2, 0.25) is 0 Å². The lowest BCUT2D eigenvalue weighted by Gasteiger charge is -2.31. The first-order valence-electron chi connectivity index (χ1n) is 8.95. The van der Waals surface area contributed by atoms with E-state index >= 15 is 0 Å². The van der Waals surface area contributed by atoms with Crippen LogP contribution in [0.25, 0.3) is 15.9 Å². The average molecular weight is 363 g/mol. The number of nitrogen functional groups attached to an aromatic ring is 1. The molecule has 0 bridgehead atoms. The summed E-state index contributed by atoms with van der Waals surface area (Å²) in [4.78, 5) is 16.4. The number of nitrogens with one attached hydrogen (secondary N) is 1. The minimum absolute atomic E-state index is 0.249. The molecule has 1 fully saturated rings. The van der Waals surface area contributed by atoms with E-state index in [4.69, 9.17) is 17.0 Å². The molecule has 0 radical (unpaired) electrons. The summed E-state index contributed by atoms with van der Waals surface area (Å²) in [6.45, 7) is 7.12. The molecule has 1 aliphatic rings. The second-order valence-corrected chi connectivity index (χ2v) is 6.76. The van der Waals surface area contributed by atoms with Gasteiger partial charge in [-0.2, -0.15) is 4.98 Å². The maximum atomic E-state index is 7.12. The Morgan fingerprint density at radius 1 is 1.33 bits per heavy atom. The highest BCUT2D eigenvalue weighted by Gasteiger charge is 2.25. The zero-order valence-corrected chi connectivity index (χ0v) is 15.1. The molecule has 4 rings (SSSR count). The number of hydrogen-bond acceptors (Lipinski definition) is 6. The van der Waals surface area contributed by atoms with Gasteiger partial charge >= 0.3 is 0 Å². The zero-order chi connectivity index (χ0) is 18.8. The molecule has 3 N–H and O–H groups in total. The minimum atomic E-state index is 0.249. The molecule has 0 aliphatic heterocycles. The molecule has 0 unspecified atom stereocenters. The zero-order valence-electron chi connectivity index (χ0n) is 15.1. The van der Waals surface area contributed by atoms with Gasteiger partial charge in [-0.3, -0.25) is 0 Å². The SMILES string of the molecule is [C-]#[N+]c1cnc(N[C@@H]2CCC[C@H](n3cnc4cc(N)ccc43)C2)nc1OC. The molecule has 138 valence electrons. The normalized spacial score (nSPS) is 19.6. The molecule has 1 aliphatic carbocycles. The first kappa shape index (κ1) is 17.1. The van der Waals surface area contributed by atoms with Crippen molar-refractivity contribution in [3.63, 3.8) is 0 Å². The van der Waals surface area contributed by atoms with Crippen LogP contribution in [0.3, 0.4) is 0 Å². The summed E-state index contributed by atoms with van der Waals surface area (Å²) < 4.78 is 7.42. The van der Waals surface area contributed by atoms with Crippen LogP contribution in [0.4, 0.5) is 17.3 Å². The van der Waals surface area contributed by atoms with Gasteiger partial charge in [0.15, 0.2) is 0 Å². The lowest BCUT2D eigenvalue weighted by Crippen LogP contribution is -2.29. The number of nitrogens with zero attached hydrogens (tertiary/aromatic N) is 5. The smallest absolute Gasteiger partial charge is 0.264 e. The van der Waals surface area contributed by atoms with Crippen LogP contribution in [0, 0.1) is 6.57 Å². The van der Waals surface area contributed by atoms with E-state index < -0.39 is 0 Å². The number of methoxy groups -OCH3 is 1. The Balaban J connectivity index is 1.52. The molecule has 0 spiro atoms. The van der Waals surface area contributed by atoms with Gasteiger partial charge in [-0.1, -0.05) is 0 Å². The van der Waals surface area contributed by atoms with E-state index in [0.29, 0.717) is 23.6 Å². The lowest BCUT2D eigenvalue weighted by atomic mass is 9.90. The van der Waals surface area contributed by atoms with Gasteiger partial charge in [0.1, 0.15) is 0 Å². The lowest BCUT2D eigenvalue weighted by molar-refractivity contribution is 0.336. The van der Waals surface area contributed by atoms with Crippen molar-refractivity contribution in [1.82, 2.24) is 19.5 Å². The Bertz CT molecular complexity index is 1010. The molecule has 3 aromatic rings. The van der Waals surface area contributed by atoms with E-state index in [9.17, 15) is 0 Å². The van der Waals surface area contributed by atoms with Crippen molar-refractivity contribution in [2.24, 2.45) is 0 Å². The summed E-state index contributed by atoms with van der Waals surface area (Å²) >= 11 is 0. The summed E-state index contributed by atoms with van der Waals surface area (Å²) in [7, 11) is 1.51. The Kier molecular flexibility index (Phi) is 4.50. The van der Waals surface area contributed by atoms with Gasteiger partial charge in [0, 0.05) is 24.0 Å². The van der Waals surface area contributed by atoms with Crippen molar-refractivity contribution in [2.75, 3.05) is 18.2 Å². The highest BCUT2D eigenvalue weighted by atomic mass is 16.5. The molecule has 27 heavy (non-hydrogen) atoms. The van der Waals surface area contributed by atoms with Gasteiger partial charge in [-0.05, 0) is 43.9 Å². The number of nitrogens with two attached hydrogens (primary N) is 1. The third kappa shape index (κ3) is 3.36. The Hall–Kier alpha value is -3.34. The second-order valence-electron chi connectivity index (χ2n) is 6.76. The number of rotatable bonds is 4. The summed E-state index contributed by atoms with van der Waals surface area (Å²) in [5.41, 5.74) is 8.93. The Morgan fingerprint density at radius 2 is 2.22 bits per heavy atom. The first-order valence-corrected chi connectivity index (χ1v) is 8.95. The van der Waals surface area contributed by atoms with E-state index in [-0.39, 0.29) is 6.04 Å². The van der Waals surface area contributed by atoms with E-state index in [2.05, 4.69) is 29.7 Å². The molecule has 2 heterocycles. The monoisotopic (exact) mass is 363 g/mol. The molecule has 8 heteroatoms. The number of benzene rings is 1. The van der Waals surface area contributed by atoms with Gasteiger partial charge in [-0.25, -0.2) is 14.8 Å². The van der Waals surface area contributed by atoms with Gasteiger partial charge in [0.05, 0.1) is 31.0 Å². The molecule has 0 saturated heterocycles. The van der Waals surface area contributed by atoms with Gasteiger partial charge in [-0.15, -0.1) is 0 Å². The van der Waals surface area contributed by atoms with Crippen LogP contribution in [-0.4, -0.2) is 32.7 Å². The summed E-state index contributed by atoms with van der Waals surface area (Å²) in [5, 5.41) is 3.40. The number of hydrogen-bond donors (Lipinski definition) is 2. The van der Waals surface area contributed by atoms with Gasteiger partial charge < -0.3 is 20.4 Å². The van der Waals surface area contributed by atoms with E-state index in [1.807, 2.05) is 24.5 Å². The summed E-state index contributed by atoms with van der Waals surface area (Å²) in [5.74, 6) is 0.793. The molecule has 8 nitrogen and oxygen atoms in total. The van der Waals surface area contributed by atoms with Crippen LogP contribution in [0.5, 0.6) is 5.88 Å². The third-order valence-electron chi connectivity index (χ3n) is 5.02. The van der Waals surface area contributed by atoms with Crippen molar-refractivity contribution in [3.05, 3.63) is 42.1 Å². The average Bonchev–Trinajstić information content (AvgIpc) is 3.11. The van der Waals surface area contributed by atoms with E-state index in [1.165, 1.54) is 13.3 Å². The largest absolute Gasteiger partial charge is 0.490 e. The second kappa shape index (κ2) is 7.11. The fourth-order valence-corrected chi connectivity index (χ4v) is 3.73. The number of ether oxygens (including phenoxy) is 1. The third-order valence-corrected chi connectivity index (χ3v) is 5.02. The number of fused-ring (bicyclic) bond motifs is 1. The standard InChI is InChI=1S/C19H21N7O/c1-21-16-10-22-19(25-18(16)27-2)24-13-4-3-5-14(9-13)26-11-23-15-8-12(20)6-7-17(15)26/h6-8,10-11,13-14H,3-5,9,20H2,2H3,(H,22,24,25)/t13-,14+/m1/s1. The minimum Gasteiger partial charge on any atom is -0.490 e. The van der Waals surface area contributed by atoms with Crippen LogP contribution in [-0.2, 0) is 0 Å². The summed E-state index contributed by atoms with van der Waals surface area (Å²) in [6, 6.07) is 6.46. The maximum absolute atomic E-state index is 7.12. The molecule has 2 aromatic heterocycles. The fraction of sp³-hybridized carbons (Fsp3) is 0.368. The predicted molar refractivity (Wildman–Crippen MR) is 104 cm³/mol. The van der Waals surface area contributed by atoms with Crippen molar-refractivity contribution in [3.8, 4) is 5.88 Å². The molecular weight excluding hydrogens is 342 g/mol. The summed E-state index contributed by atoms with van der Waals surface area (Å²) in [6.07, 6.45) is 7.61. The number of imidazole rings is 1. The topological polar surface area (TPSA) is 95.2 Å². The predicted octanol–water partition coefficient (Wildman–Crippen LogP) is 3.56. The van der Waals surface area contributed by atoms with Crippen molar-refractivity contribution < 1.29 is 4.74 Å². The molecule has 2 atom stereocenters. The van der Waals surface area contributed by atoms with Crippen LogP contribution < -0.4 is 15.8 Å². The van der Waals surface area contributed by atoms with Gasteiger partial charge in [0.2, 0.25) is 11.8 Å². The molecule has 0 amide bonds. The van der Waals surface area contributed by atoms with E-state index in [0.717, 1.165) is 42.4 Å². The molecule has 1 saturated carbocycles. The maximum Gasteiger partial charge on any atom is 0.264 e. The Labute approximate surface area is 157 Å². The molecular formula is C19H21N7O. The quantitative estimate of drug-likeness (QED) is 0.543. The highest BCUT2D eigenvalue weighted by Crippen LogP contribution is 2.33. The van der Waals surface area contributed by atoms with E-state index in [1.54, 1.807) is 0 Å². The fourth-order valence-electron chi connectivity index (χ4n) is 3.73. The number of aromatic nitrogens is 4. The van der Waals surface area contributed by atoms with Gasteiger partial charge in [0.25, 0.3) is 5.69 Å². The highest BCUT2D eigenvalue weighted by molar-refractivity contribution is 5.79. The van der Waals surface area contributed by atoms with Crippen molar-refractivity contribution in [2.45, 2.75) is 37.8 Å². The van der Waals surface area contributed by atoms with Crippen molar-refractivity contribution >= 4 is 28.4 Å². The van der Waals surface area contributed by atoms with Crippen LogP contribution in [0.1, 0.15) is 31.7 Å².